The zero-order valence-electron chi connectivity index (χ0n) is 9.33. The van der Waals surface area contributed by atoms with Crippen LogP contribution in [0.3, 0.4) is 0 Å². The molecule has 94 valence electrons. The summed E-state index contributed by atoms with van der Waals surface area (Å²) in [6.07, 6.45) is 0. The summed E-state index contributed by atoms with van der Waals surface area (Å²) >= 11 is 2.88. The van der Waals surface area contributed by atoms with Crippen LogP contribution in [0.25, 0.3) is 0 Å². The maximum absolute atomic E-state index is 13.3. The van der Waals surface area contributed by atoms with E-state index in [-0.39, 0.29) is 22.4 Å². The SMILES string of the molecule is CC(C)(O)CNc1cc(F)c(Br)cc1[N+](=O)[O-]. The van der Waals surface area contributed by atoms with Crippen LogP contribution in [-0.2, 0) is 0 Å². The highest BCUT2D eigenvalue weighted by Gasteiger charge is 2.20. The number of aliphatic hydroxyl groups is 1. The number of hydrogen-bond donors (Lipinski definition) is 2. The average Bonchev–Trinajstić information content (AvgIpc) is 2.17. The molecule has 0 radical (unpaired) electrons. The van der Waals surface area contributed by atoms with E-state index in [1.165, 1.54) is 0 Å². The predicted molar refractivity (Wildman–Crippen MR) is 65.5 cm³/mol. The van der Waals surface area contributed by atoms with Crippen LogP contribution in [-0.4, -0.2) is 22.2 Å². The summed E-state index contributed by atoms with van der Waals surface area (Å²) in [5.41, 5.74) is -1.25. The van der Waals surface area contributed by atoms with Crippen molar-refractivity contribution in [2.24, 2.45) is 0 Å². The lowest BCUT2D eigenvalue weighted by Gasteiger charge is -2.18. The van der Waals surface area contributed by atoms with Gasteiger partial charge in [0.25, 0.3) is 5.69 Å². The largest absolute Gasteiger partial charge is 0.389 e. The Balaban J connectivity index is 3.05. The summed E-state index contributed by atoms with van der Waals surface area (Å²) in [5.74, 6) is -0.603. The number of rotatable bonds is 4. The highest BCUT2D eigenvalue weighted by molar-refractivity contribution is 9.10. The monoisotopic (exact) mass is 306 g/mol. The molecule has 2 N–H and O–H groups in total. The van der Waals surface area contributed by atoms with Crippen LogP contribution in [0, 0.1) is 15.9 Å². The third kappa shape index (κ3) is 3.94. The third-order valence-electron chi connectivity index (χ3n) is 1.95. The third-order valence-corrected chi connectivity index (χ3v) is 2.55. The number of halogens is 2. The van der Waals surface area contributed by atoms with E-state index in [0.29, 0.717) is 0 Å². The Labute approximate surface area is 106 Å². The molecule has 0 atom stereocenters. The van der Waals surface area contributed by atoms with Gasteiger partial charge in [-0.15, -0.1) is 0 Å². The van der Waals surface area contributed by atoms with E-state index in [9.17, 15) is 19.6 Å². The number of nitro benzene ring substituents is 1. The van der Waals surface area contributed by atoms with E-state index >= 15 is 0 Å². The number of nitrogens with zero attached hydrogens (tertiary/aromatic N) is 1. The lowest BCUT2D eigenvalue weighted by molar-refractivity contribution is -0.384. The first-order valence-corrected chi connectivity index (χ1v) is 5.60. The molecule has 0 amide bonds. The van der Waals surface area contributed by atoms with E-state index in [1.54, 1.807) is 13.8 Å². The summed E-state index contributed by atoms with van der Waals surface area (Å²) in [6.45, 7) is 3.16. The normalized spacial score (nSPS) is 11.4. The van der Waals surface area contributed by atoms with Gasteiger partial charge in [0.05, 0.1) is 15.0 Å². The highest BCUT2D eigenvalue weighted by atomic mass is 79.9. The first kappa shape index (κ1) is 13.9. The Bertz CT molecular complexity index is 446. The van der Waals surface area contributed by atoms with Gasteiger partial charge in [0, 0.05) is 18.7 Å². The molecule has 17 heavy (non-hydrogen) atoms. The molecule has 0 saturated carbocycles. The van der Waals surface area contributed by atoms with Crippen LogP contribution in [0.5, 0.6) is 0 Å². The minimum Gasteiger partial charge on any atom is -0.389 e. The molecule has 0 heterocycles. The summed E-state index contributed by atoms with van der Waals surface area (Å²) in [5, 5.41) is 22.9. The fourth-order valence-electron chi connectivity index (χ4n) is 1.14. The average molecular weight is 307 g/mol. The Morgan fingerprint density at radius 3 is 2.65 bits per heavy atom. The maximum Gasteiger partial charge on any atom is 0.293 e. The van der Waals surface area contributed by atoms with Gasteiger partial charge in [-0.05, 0) is 29.8 Å². The van der Waals surface area contributed by atoms with Crippen LogP contribution in [0.2, 0.25) is 0 Å². The number of anilines is 1. The van der Waals surface area contributed by atoms with Crippen molar-refractivity contribution in [1.82, 2.24) is 0 Å². The lowest BCUT2D eigenvalue weighted by atomic mass is 10.1. The zero-order valence-corrected chi connectivity index (χ0v) is 10.9. The van der Waals surface area contributed by atoms with Gasteiger partial charge >= 0.3 is 0 Å². The van der Waals surface area contributed by atoms with Crippen molar-refractivity contribution in [3.05, 3.63) is 32.5 Å². The van der Waals surface area contributed by atoms with Gasteiger partial charge in [-0.2, -0.15) is 0 Å². The van der Waals surface area contributed by atoms with E-state index in [1.807, 2.05) is 0 Å². The maximum atomic E-state index is 13.3. The molecule has 0 fully saturated rings. The van der Waals surface area contributed by atoms with Crippen molar-refractivity contribution < 1.29 is 14.4 Å². The Morgan fingerprint density at radius 2 is 2.18 bits per heavy atom. The van der Waals surface area contributed by atoms with Gasteiger partial charge in [0.2, 0.25) is 0 Å². The van der Waals surface area contributed by atoms with Gasteiger partial charge in [0.1, 0.15) is 11.5 Å². The lowest BCUT2D eigenvalue weighted by Crippen LogP contribution is -2.29. The van der Waals surface area contributed by atoms with Crippen molar-refractivity contribution in [1.29, 1.82) is 0 Å². The Kier molecular flexibility index (Phi) is 4.05. The first-order valence-electron chi connectivity index (χ1n) is 4.80. The van der Waals surface area contributed by atoms with Gasteiger partial charge in [-0.25, -0.2) is 4.39 Å². The van der Waals surface area contributed by atoms with Crippen LogP contribution < -0.4 is 5.32 Å². The molecule has 0 unspecified atom stereocenters. The van der Waals surface area contributed by atoms with E-state index in [0.717, 1.165) is 12.1 Å². The summed E-state index contributed by atoms with van der Waals surface area (Å²) < 4.78 is 13.3. The Hall–Kier alpha value is -1.21. The molecule has 5 nitrogen and oxygen atoms in total. The first-order chi connectivity index (χ1) is 7.70. The molecular formula is C10H12BrFN2O3. The number of benzene rings is 1. The fraction of sp³-hybridized carbons (Fsp3) is 0.400. The van der Waals surface area contributed by atoms with Crippen molar-refractivity contribution >= 4 is 27.3 Å². The van der Waals surface area contributed by atoms with Crippen LogP contribution in [0.15, 0.2) is 16.6 Å². The smallest absolute Gasteiger partial charge is 0.293 e. The molecule has 7 heteroatoms. The molecule has 0 aromatic heterocycles. The summed E-state index contributed by atoms with van der Waals surface area (Å²) in [7, 11) is 0. The summed E-state index contributed by atoms with van der Waals surface area (Å²) in [6, 6.07) is 2.11. The molecular weight excluding hydrogens is 295 g/mol. The summed E-state index contributed by atoms with van der Waals surface area (Å²) in [4.78, 5) is 10.2. The van der Waals surface area contributed by atoms with Crippen LogP contribution in [0.1, 0.15) is 13.8 Å². The second-order valence-corrected chi connectivity index (χ2v) is 5.06. The minimum atomic E-state index is -1.04. The van der Waals surface area contributed by atoms with Gasteiger partial charge in [-0.1, -0.05) is 0 Å². The van der Waals surface area contributed by atoms with Crippen LogP contribution >= 0.6 is 15.9 Å². The molecule has 0 saturated heterocycles. The molecule has 1 aromatic rings. The molecule has 1 rings (SSSR count). The van der Waals surface area contributed by atoms with Crippen molar-refractivity contribution in [3.63, 3.8) is 0 Å². The van der Waals surface area contributed by atoms with Gasteiger partial charge < -0.3 is 10.4 Å². The van der Waals surface area contributed by atoms with Crippen molar-refractivity contribution in [2.75, 3.05) is 11.9 Å². The van der Waals surface area contributed by atoms with Crippen LogP contribution in [0.4, 0.5) is 15.8 Å². The number of hydrogen-bond acceptors (Lipinski definition) is 4. The van der Waals surface area contributed by atoms with Gasteiger partial charge in [-0.3, -0.25) is 10.1 Å². The van der Waals surface area contributed by atoms with Crippen molar-refractivity contribution in [2.45, 2.75) is 19.4 Å². The predicted octanol–water partition coefficient (Wildman–Crippen LogP) is 2.68. The Morgan fingerprint density at radius 1 is 1.59 bits per heavy atom. The molecule has 0 aliphatic rings. The highest BCUT2D eigenvalue weighted by Crippen LogP contribution is 2.30. The van der Waals surface area contributed by atoms with Gasteiger partial charge in [0.15, 0.2) is 0 Å². The second-order valence-electron chi connectivity index (χ2n) is 4.21. The zero-order chi connectivity index (χ0) is 13.2. The number of nitro groups is 1. The van der Waals surface area contributed by atoms with Crippen molar-refractivity contribution in [3.8, 4) is 0 Å². The molecule has 0 aliphatic carbocycles. The second kappa shape index (κ2) is 4.97. The number of nitrogens with one attached hydrogen (secondary N) is 1. The quantitative estimate of drug-likeness (QED) is 0.662. The molecule has 0 bridgehead atoms. The minimum absolute atomic E-state index is 0.0259. The molecule has 1 aromatic carbocycles. The van der Waals surface area contributed by atoms with E-state index in [4.69, 9.17) is 0 Å². The fourth-order valence-corrected chi connectivity index (χ4v) is 1.47. The topological polar surface area (TPSA) is 75.4 Å². The standard InChI is InChI=1S/C10H12BrFN2O3/c1-10(2,15)5-13-8-4-7(12)6(11)3-9(8)14(16)17/h3-4,13,15H,5H2,1-2H3. The van der Waals surface area contributed by atoms with E-state index < -0.39 is 16.3 Å². The molecule has 0 aliphatic heterocycles. The molecule has 0 spiro atoms. The van der Waals surface area contributed by atoms with E-state index in [2.05, 4.69) is 21.2 Å².